The molecule has 0 aliphatic heterocycles. The van der Waals surface area contributed by atoms with Crippen LogP contribution in [0.5, 0.6) is 0 Å². The van der Waals surface area contributed by atoms with Crippen LogP contribution >= 0.6 is 0 Å². The van der Waals surface area contributed by atoms with Crippen LogP contribution in [0.2, 0.25) is 0 Å². The molecule has 142 valence electrons. The SMILES string of the molecule is Cn1c(=O)c2c(-c3ccccc3F)c3c(nc2n(C)c1=O)-c1ccccc1C3=O. The zero-order chi connectivity index (χ0) is 20.4. The van der Waals surface area contributed by atoms with Gasteiger partial charge in [0.05, 0.1) is 16.6 Å². The number of nitrogens with zero attached hydrogens (tertiary/aromatic N) is 3. The topological polar surface area (TPSA) is 74.0 Å². The van der Waals surface area contributed by atoms with E-state index < -0.39 is 17.1 Å². The van der Waals surface area contributed by atoms with Crippen LogP contribution in [0.1, 0.15) is 15.9 Å². The quantitative estimate of drug-likeness (QED) is 0.443. The summed E-state index contributed by atoms with van der Waals surface area (Å²) in [6, 6.07) is 12.9. The number of hydrogen-bond donors (Lipinski definition) is 0. The highest BCUT2D eigenvalue weighted by Crippen LogP contribution is 2.43. The van der Waals surface area contributed by atoms with Crippen molar-refractivity contribution in [3.8, 4) is 22.4 Å². The number of aromatic nitrogens is 3. The molecule has 0 spiro atoms. The summed E-state index contributed by atoms with van der Waals surface area (Å²) in [7, 11) is 2.84. The van der Waals surface area contributed by atoms with E-state index in [1.807, 2.05) is 0 Å². The summed E-state index contributed by atoms with van der Waals surface area (Å²) in [5, 5.41) is 0.0413. The monoisotopic (exact) mass is 387 g/mol. The highest BCUT2D eigenvalue weighted by Gasteiger charge is 2.34. The predicted molar refractivity (Wildman–Crippen MR) is 106 cm³/mol. The molecule has 2 heterocycles. The van der Waals surface area contributed by atoms with Gasteiger partial charge in [0.1, 0.15) is 5.82 Å². The van der Waals surface area contributed by atoms with E-state index in [1.54, 1.807) is 30.3 Å². The highest BCUT2D eigenvalue weighted by atomic mass is 19.1. The van der Waals surface area contributed by atoms with E-state index in [-0.39, 0.29) is 33.5 Å². The molecule has 5 rings (SSSR count). The maximum Gasteiger partial charge on any atom is 0.332 e. The average molecular weight is 387 g/mol. The van der Waals surface area contributed by atoms with Crippen LogP contribution in [0, 0.1) is 5.82 Å². The van der Waals surface area contributed by atoms with Crippen LogP contribution in [-0.4, -0.2) is 19.9 Å². The first-order chi connectivity index (χ1) is 13.9. The molecule has 29 heavy (non-hydrogen) atoms. The first-order valence-corrected chi connectivity index (χ1v) is 8.94. The largest absolute Gasteiger partial charge is 0.332 e. The first kappa shape index (κ1) is 17.2. The number of fused-ring (bicyclic) bond motifs is 4. The summed E-state index contributed by atoms with van der Waals surface area (Å²) in [4.78, 5) is 43.3. The molecule has 0 bridgehead atoms. The summed E-state index contributed by atoms with van der Waals surface area (Å²) in [6.07, 6.45) is 0. The molecule has 0 saturated carbocycles. The molecule has 0 N–H and O–H groups in total. The number of halogens is 1. The number of aryl methyl sites for hydroxylation is 1. The van der Waals surface area contributed by atoms with E-state index >= 15 is 0 Å². The predicted octanol–water partition coefficient (Wildman–Crippen LogP) is 2.65. The molecule has 1 aliphatic rings. The average Bonchev–Trinajstić information content (AvgIpc) is 3.02. The van der Waals surface area contributed by atoms with Crippen LogP contribution in [0.3, 0.4) is 0 Å². The van der Waals surface area contributed by atoms with Gasteiger partial charge >= 0.3 is 5.69 Å². The van der Waals surface area contributed by atoms with Gasteiger partial charge in [0.25, 0.3) is 5.56 Å². The van der Waals surface area contributed by atoms with Crippen LogP contribution in [-0.2, 0) is 14.1 Å². The molecule has 6 nitrogen and oxygen atoms in total. The molecule has 0 atom stereocenters. The third-order valence-electron chi connectivity index (χ3n) is 5.39. The van der Waals surface area contributed by atoms with Gasteiger partial charge in [-0.3, -0.25) is 18.7 Å². The summed E-state index contributed by atoms with van der Waals surface area (Å²) in [5.41, 5.74) is 0.782. The van der Waals surface area contributed by atoms with Gasteiger partial charge < -0.3 is 0 Å². The Balaban J connectivity index is 2.11. The van der Waals surface area contributed by atoms with Gasteiger partial charge in [-0.1, -0.05) is 42.5 Å². The molecule has 0 unspecified atom stereocenters. The number of benzene rings is 2. The van der Waals surface area contributed by atoms with Crippen molar-refractivity contribution in [2.45, 2.75) is 0 Å². The summed E-state index contributed by atoms with van der Waals surface area (Å²) >= 11 is 0. The third-order valence-corrected chi connectivity index (χ3v) is 5.39. The van der Waals surface area contributed by atoms with Crippen molar-refractivity contribution in [1.29, 1.82) is 0 Å². The standard InChI is InChI=1S/C22H14FN3O3/c1-25-20-17(21(28)26(2)22(25)29)15(13-9-5-6-10-14(13)23)16-18(24-20)11-7-3-4-8-12(11)19(16)27/h3-10H,1-2H3. The van der Waals surface area contributed by atoms with Crippen molar-refractivity contribution in [1.82, 2.24) is 14.1 Å². The van der Waals surface area contributed by atoms with Gasteiger partial charge in [-0.05, 0) is 6.07 Å². The molecular formula is C22H14FN3O3. The van der Waals surface area contributed by atoms with Crippen molar-refractivity contribution < 1.29 is 9.18 Å². The fourth-order valence-corrected chi connectivity index (χ4v) is 3.96. The van der Waals surface area contributed by atoms with Gasteiger partial charge in [0.15, 0.2) is 11.4 Å². The molecule has 0 fully saturated rings. The van der Waals surface area contributed by atoms with Crippen LogP contribution in [0.25, 0.3) is 33.4 Å². The highest BCUT2D eigenvalue weighted by molar-refractivity contribution is 6.26. The van der Waals surface area contributed by atoms with Gasteiger partial charge in [-0.15, -0.1) is 0 Å². The first-order valence-electron chi connectivity index (χ1n) is 8.94. The maximum atomic E-state index is 14.8. The lowest BCUT2D eigenvalue weighted by atomic mass is 9.94. The van der Waals surface area contributed by atoms with Gasteiger partial charge in [0.2, 0.25) is 0 Å². The Labute approximate surface area is 163 Å². The molecule has 7 heteroatoms. The van der Waals surface area contributed by atoms with E-state index in [1.165, 1.54) is 36.9 Å². The molecule has 4 aromatic rings. The Morgan fingerprint density at radius 2 is 1.41 bits per heavy atom. The number of ketones is 1. The smallest absolute Gasteiger partial charge is 0.288 e. The lowest BCUT2D eigenvalue weighted by Gasteiger charge is -2.15. The van der Waals surface area contributed by atoms with Gasteiger partial charge in [-0.25, -0.2) is 14.2 Å². The van der Waals surface area contributed by atoms with E-state index in [0.29, 0.717) is 16.8 Å². The van der Waals surface area contributed by atoms with Crippen molar-refractivity contribution in [3.05, 3.63) is 86.3 Å². The minimum absolute atomic E-state index is 0.0413. The number of pyridine rings is 1. The second-order valence-electron chi connectivity index (χ2n) is 6.97. The molecule has 2 aromatic heterocycles. The van der Waals surface area contributed by atoms with Crippen LogP contribution in [0.4, 0.5) is 4.39 Å². The number of carbonyl (C=O) groups is 1. The second kappa shape index (κ2) is 5.81. The Morgan fingerprint density at radius 3 is 2.10 bits per heavy atom. The van der Waals surface area contributed by atoms with Crippen molar-refractivity contribution in [2.75, 3.05) is 0 Å². The van der Waals surface area contributed by atoms with Crippen LogP contribution < -0.4 is 11.2 Å². The van der Waals surface area contributed by atoms with Gasteiger partial charge in [0, 0.05) is 36.3 Å². The lowest BCUT2D eigenvalue weighted by molar-refractivity contribution is 0.104. The Hall–Kier alpha value is -3.87. The Bertz CT molecular complexity index is 1500. The summed E-state index contributed by atoms with van der Waals surface area (Å²) < 4.78 is 17.0. The summed E-state index contributed by atoms with van der Waals surface area (Å²) in [5.74, 6) is -0.888. The second-order valence-corrected chi connectivity index (χ2v) is 6.97. The molecule has 0 amide bonds. The number of rotatable bonds is 1. The zero-order valence-electron chi connectivity index (χ0n) is 15.6. The lowest BCUT2D eigenvalue weighted by Crippen LogP contribution is -2.37. The minimum atomic E-state index is -0.625. The van der Waals surface area contributed by atoms with Crippen molar-refractivity contribution >= 4 is 16.8 Å². The normalized spacial score (nSPS) is 12.3. The fourth-order valence-electron chi connectivity index (χ4n) is 3.96. The van der Waals surface area contributed by atoms with Gasteiger partial charge in [-0.2, -0.15) is 0 Å². The van der Waals surface area contributed by atoms with E-state index in [4.69, 9.17) is 0 Å². The van der Waals surface area contributed by atoms with E-state index in [2.05, 4.69) is 4.98 Å². The molecule has 2 aromatic carbocycles. The molecule has 0 saturated heterocycles. The summed E-state index contributed by atoms with van der Waals surface area (Å²) in [6.45, 7) is 0. The van der Waals surface area contributed by atoms with Crippen LogP contribution in [0.15, 0.2) is 58.1 Å². The minimum Gasteiger partial charge on any atom is -0.288 e. The Kier molecular flexibility index (Phi) is 3.46. The fraction of sp³-hybridized carbons (Fsp3) is 0.0909. The van der Waals surface area contributed by atoms with E-state index in [0.717, 1.165) is 4.57 Å². The van der Waals surface area contributed by atoms with Crippen molar-refractivity contribution in [2.24, 2.45) is 14.1 Å². The maximum absolute atomic E-state index is 14.8. The third kappa shape index (κ3) is 2.15. The number of carbonyl (C=O) groups excluding carboxylic acids is 1. The number of hydrogen-bond acceptors (Lipinski definition) is 4. The molecule has 1 aliphatic carbocycles. The van der Waals surface area contributed by atoms with E-state index in [9.17, 15) is 18.8 Å². The molecular weight excluding hydrogens is 373 g/mol. The molecule has 0 radical (unpaired) electrons. The zero-order valence-corrected chi connectivity index (χ0v) is 15.6. The Morgan fingerprint density at radius 1 is 0.793 bits per heavy atom. The van der Waals surface area contributed by atoms with Crippen molar-refractivity contribution in [3.63, 3.8) is 0 Å².